The van der Waals surface area contributed by atoms with E-state index in [9.17, 15) is 0 Å². The van der Waals surface area contributed by atoms with Crippen LogP contribution in [0.2, 0.25) is 0 Å². The van der Waals surface area contributed by atoms with Gasteiger partial charge in [0.2, 0.25) is 0 Å². The Bertz CT molecular complexity index is 4220. The zero-order valence-corrected chi connectivity index (χ0v) is 49.1. The van der Waals surface area contributed by atoms with Gasteiger partial charge in [-0.25, -0.2) is 0 Å². The number of aromatic nitrogens is 1. The lowest BCUT2D eigenvalue weighted by Gasteiger charge is -2.29. The summed E-state index contributed by atoms with van der Waals surface area (Å²) in [4.78, 5) is 2.92. The van der Waals surface area contributed by atoms with Crippen molar-refractivity contribution < 1.29 is 0 Å². The van der Waals surface area contributed by atoms with Gasteiger partial charge < -0.3 is 4.57 Å². The van der Waals surface area contributed by atoms with E-state index in [1.165, 1.54) is 148 Å². The Morgan fingerprint density at radius 2 is 0.756 bits per heavy atom. The molecule has 0 unspecified atom stereocenters. The zero-order chi connectivity index (χ0) is 55.9. The molecular formula is C80H71NS. The third kappa shape index (κ3) is 9.43. The van der Waals surface area contributed by atoms with Crippen LogP contribution >= 0.6 is 10.0 Å². The van der Waals surface area contributed by atoms with Gasteiger partial charge in [0.15, 0.2) is 0 Å². The minimum atomic E-state index is -1.37. The van der Waals surface area contributed by atoms with E-state index in [1.54, 1.807) is 0 Å². The van der Waals surface area contributed by atoms with E-state index in [-0.39, 0.29) is 0 Å². The fourth-order valence-corrected chi connectivity index (χ4v) is 15.6. The number of fused-ring (bicyclic) bond motifs is 9. The lowest BCUT2D eigenvalue weighted by molar-refractivity contribution is 0.997. The molecule has 0 saturated carbocycles. The summed E-state index contributed by atoms with van der Waals surface area (Å²) in [6.45, 7) is 8.00. The molecule has 15 rings (SSSR count). The molecule has 0 N–H and O–H groups in total. The maximum Gasteiger partial charge on any atom is 0.0541 e. The maximum absolute atomic E-state index is 2.53. The summed E-state index contributed by atoms with van der Waals surface area (Å²) >= 11 is 0. The van der Waals surface area contributed by atoms with Gasteiger partial charge in [0.05, 0.1) is 11.0 Å². The van der Waals surface area contributed by atoms with E-state index in [0.717, 1.165) is 38.5 Å². The first-order chi connectivity index (χ1) is 40.4. The van der Waals surface area contributed by atoms with E-state index in [2.05, 4.69) is 266 Å². The molecule has 82 heavy (non-hydrogen) atoms. The van der Waals surface area contributed by atoms with Gasteiger partial charge >= 0.3 is 0 Å². The quantitative estimate of drug-likeness (QED) is 0.143. The number of rotatable bonds is 8. The third-order valence-corrected chi connectivity index (χ3v) is 20.1. The standard InChI is InChI=1S/C76H59NS.2C2H6/c1-78(2)75-48-63(70-47-62-17-9-10-18-65(62)66-19-11-12-20-67(66)70)37-41-68(75)69-42-40-64(49-76(69)78)77-73-43-38-60(58-33-29-56(30-34-58)54-25-21-52(22-26-54)50-13-5-3-6-14-50)45-71(73)72-46-61(39-44-74(72)77)59-35-31-57(32-36-59)55-27-23-53(24-28-55)51-15-7-4-8-16-51;2*1-2/h5,7,9,11-17,19-49H,3-4,6,8,10,18H2,1-2H3;2*1-2H3. The second-order valence-corrected chi connectivity index (χ2v) is 25.6. The molecule has 0 amide bonds. The molecule has 0 atom stereocenters. The molecule has 2 heterocycles. The Hall–Kier alpha value is -8.69. The van der Waals surface area contributed by atoms with Crippen LogP contribution in [0.4, 0.5) is 0 Å². The van der Waals surface area contributed by atoms with Gasteiger partial charge in [-0.05, 0) is 211 Å². The Balaban J connectivity index is 0.00000155. The summed E-state index contributed by atoms with van der Waals surface area (Å²) in [5, 5.41) is 5.24. The summed E-state index contributed by atoms with van der Waals surface area (Å²) in [6, 6.07) is 76.7. The normalized spacial score (nSPS) is 14.9. The van der Waals surface area contributed by atoms with Crippen LogP contribution < -0.4 is 0 Å². The Morgan fingerprint density at radius 3 is 1.26 bits per heavy atom. The largest absolute Gasteiger partial charge is 0.309 e. The molecule has 4 aliphatic rings. The van der Waals surface area contributed by atoms with Gasteiger partial charge in [-0.15, -0.1) is 0 Å². The smallest absolute Gasteiger partial charge is 0.0541 e. The highest BCUT2D eigenvalue weighted by atomic mass is 32.3. The Labute approximate surface area is 487 Å². The van der Waals surface area contributed by atoms with Crippen LogP contribution in [0.15, 0.2) is 253 Å². The molecule has 2 heteroatoms. The van der Waals surface area contributed by atoms with E-state index in [4.69, 9.17) is 0 Å². The summed E-state index contributed by atoms with van der Waals surface area (Å²) in [6.07, 6.45) is 30.1. The van der Waals surface area contributed by atoms with Crippen molar-refractivity contribution in [1.82, 2.24) is 4.57 Å². The van der Waals surface area contributed by atoms with Crippen LogP contribution in [0, 0.1) is 0 Å². The Kier molecular flexibility index (Phi) is 14.3. The van der Waals surface area contributed by atoms with Crippen LogP contribution in [0.3, 0.4) is 0 Å². The van der Waals surface area contributed by atoms with Crippen molar-refractivity contribution in [1.29, 1.82) is 0 Å². The molecule has 0 radical (unpaired) electrons. The van der Waals surface area contributed by atoms with Gasteiger partial charge in [-0.2, -0.15) is 10.0 Å². The fourth-order valence-electron chi connectivity index (χ4n) is 13.0. The molecule has 0 saturated heterocycles. The number of benzene rings is 10. The highest BCUT2D eigenvalue weighted by Gasteiger charge is 2.33. The van der Waals surface area contributed by atoms with Gasteiger partial charge in [0, 0.05) is 26.3 Å². The van der Waals surface area contributed by atoms with E-state index < -0.39 is 10.0 Å². The molecule has 3 aliphatic carbocycles. The average molecular weight is 1080 g/mol. The van der Waals surface area contributed by atoms with Crippen LogP contribution in [0.25, 0.3) is 122 Å². The second kappa shape index (κ2) is 22.3. The first kappa shape index (κ1) is 52.7. The molecule has 11 aromatic rings. The van der Waals surface area contributed by atoms with Gasteiger partial charge in [0.25, 0.3) is 0 Å². The molecule has 0 spiro atoms. The van der Waals surface area contributed by atoms with Crippen molar-refractivity contribution in [2.45, 2.75) is 76.0 Å². The maximum atomic E-state index is 2.53. The number of allylic oxidation sites excluding steroid dienone is 9. The molecule has 1 nitrogen and oxygen atoms in total. The molecule has 1 aliphatic heterocycles. The van der Waals surface area contributed by atoms with Crippen molar-refractivity contribution in [3.8, 4) is 72.4 Å². The minimum absolute atomic E-state index is 1.10. The number of nitrogens with zero attached hydrogens (tertiary/aromatic N) is 1. The van der Waals surface area contributed by atoms with E-state index >= 15 is 0 Å². The van der Waals surface area contributed by atoms with Crippen molar-refractivity contribution in [3.63, 3.8) is 0 Å². The van der Waals surface area contributed by atoms with Crippen molar-refractivity contribution >= 4 is 59.8 Å². The first-order valence-electron chi connectivity index (χ1n) is 29.9. The summed E-state index contributed by atoms with van der Waals surface area (Å²) in [5.74, 6) is 0. The van der Waals surface area contributed by atoms with Gasteiger partial charge in [-0.3, -0.25) is 0 Å². The van der Waals surface area contributed by atoms with E-state index in [1.807, 2.05) is 27.7 Å². The fraction of sp³-hybridized carbons (Fsp3) is 0.150. The second-order valence-electron chi connectivity index (χ2n) is 22.1. The van der Waals surface area contributed by atoms with Crippen LogP contribution in [0.5, 0.6) is 0 Å². The average Bonchev–Trinajstić information content (AvgIpc) is 3.92. The van der Waals surface area contributed by atoms with Crippen molar-refractivity contribution in [2.24, 2.45) is 0 Å². The third-order valence-electron chi connectivity index (χ3n) is 17.2. The topological polar surface area (TPSA) is 4.93 Å². The van der Waals surface area contributed by atoms with Crippen LogP contribution in [0.1, 0.15) is 82.1 Å². The molecule has 10 aromatic carbocycles. The summed E-state index contributed by atoms with van der Waals surface area (Å²) in [7, 11) is -1.37. The predicted octanol–water partition coefficient (Wildman–Crippen LogP) is 23.2. The lowest BCUT2D eigenvalue weighted by Crippen LogP contribution is -1.98. The number of aryl methyl sites for hydroxylation is 1. The zero-order valence-electron chi connectivity index (χ0n) is 48.3. The Morgan fingerprint density at radius 1 is 0.329 bits per heavy atom. The molecule has 0 fully saturated rings. The summed E-state index contributed by atoms with van der Waals surface area (Å²) in [5.41, 5.74) is 26.8. The minimum Gasteiger partial charge on any atom is -0.309 e. The van der Waals surface area contributed by atoms with E-state index in [0.29, 0.717) is 0 Å². The van der Waals surface area contributed by atoms with Crippen LogP contribution in [-0.2, 0) is 6.42 Å². The molecule has 1 aromatic heterocycles. The summed E-state index contributed by atoms with van der Waals surface area (Å²) < 4.78 is 2.52. The highest BCUT2D eigenvalue weighted by molar-refractivity contribution is 8.33. The number of hydrogen-bond acceptors (Lipinski definition) is 0. The predicted molar refractivity (Wildman–Crippen MR) is 360 cm³/mol. The molecule has 0 bridgehead atoms. The van der Waals surface area contributed by atoms with Crippen molar-refractivity contribution in [2.75, 3.05) is 12.5 Å². The highest BCUT2D eigenvalue weighted by Crippen LogP contribution is 2.68. The SMILES string of the molecule is CC.CC.CS1(C)c2cc(-c3cc4c(c5ccccc35)CCC=C4)ccc2-c2ccc(-n3c4ccc(-c5ccc(-c6ccc(C7=CCCC=C7)cc6)cc5)cc4c4cc(-c5ccc(-c6ccc(C7=CCCC=C7)cc6)cc5)ccc43)cc21. The van der Waals surface area contributed by atoms with Gasteiger partial charge in [-0.1, -0.05) is 228 Å². The first-order valence-corrected chi connectivity index (χ1v) is 32.3. The number of hydrogen-bond donors (Lipinski definition) is 0. The monoisotopic (exact) mass is 1080 g/mol. The lowest BCUT2D eigenvalue weighted by atomic mass is 9.87. The van der Waals surface area contributed by atoms with Crippen molar-refractivity contribution in [3.05, 3.63) is 265 Å². The van der Waals surface area contributed by atoms with Crippen LogP contribution in [-0.4, -0.2) is 17.1 Å². The van der Waals surface area contributed by atoms with Gasteiger partial charge in [0.1, 0.15) is 0 Å². The molecular weight excluding hydrogens is 1010 g/mol. The molecule has 402 valence electrons.